The van der Waals surface area contributed by atoms with Gasteiger partial charge in [-0.15, -0.1) is 12.4 Å². The number of nitrogens with zero attached hydrogens (tertiary/aromatic N) is 1. The van der Waals surface area contributed by atoms with Crippen LogP contribution in [0.1, 0.15) is 30.1 Å². The summed E-state index contributed by atoms with van der Waals surface area (Å²) in [5, 5.41) is 0. The van der Waals surface area contributed by atoms with Gasteiger partial charge in [0.2, 0.25) is 0 Å². The number of halogens is 1. The summed E-state index contributed by atoms with van der Waals surface area (Å²) in [6, 6.07) is 7.48. The van der Waals surface area contributed by atoms with Crippen LogP contribution in [0.2, 0.25) is 0 Å². The summed E-state index contributed by atoms with van der Waals surface area (Å²) in [6.07, 6.45) is 1.84. The van der Waals surface area contributed by atoms with Crippen LogP contribution in [0.5, 0.6) is 5.75 Å². The molecule has 0 bridgehead atoms. The van der Waals surface area contributed by atoms with Gasteiger partial charge in [-0.2, -0.15) is 0 Å². The molecule has 19 heavy (non-hydrogen) atoms. The quantitative estimate of drug-likeness (QED) is 0.921. The summed E-state index contributed by atoms with van der Waals surface area (Å²) in [6.45, 7) is 4.13. The van der Waals surface area contributed by atoms with E-state index in [0.29, 0.717) is 18.7 Å². The number of likely N-dealkylation sites (tertiary alicyclic amines) is 1. The van der Waals surface area contributed by atoms with E-state index in [0.717, 1.165) is 25.1 Å². The molecule has 1 unspecified atom stereocenters. The van der Waals surface area contributed by atoms with E-state index in [2.05, 4.69) is 6.92 Å². The molecule has 5 heteroatoms. The Balaban J connectivity index is 0.00000180. The SMILES string of the molecule is CCCOc1cccc(C(=O)N2CCC(N)C2)c1.Cl. The first-order valence-corrected chi connectivity index (χ1v) is 6.48. The van der Waals surface area contributed by atoms with Gasteiger partial charge in [0.25, 0.3) is 5.91 Å². The van der Waals surface area contributed by atoms with Gasteiger partial charge < -0.3 is 15.4 Å². The number of amides is 1. The smallest absolute Gasteiger partial charge is 0.254 e. The van der Waals surface area contributed by atoms with Crippen molar-refractivity contribution in [3.05, 3.63) is 29.8 Å². The van der Waals surface area contributed by atoms with E-state index >= 15 is 0 Å². The lowest BCUT2D eigenvalue weighted by molar-refractivity contribution is 0.0790. The van der Waals surface area contributed by atoms with Gasteiger partial charge in [-0.1, -0.05) is 13.0 Å². The van der Waals surface area contributed by atoms with Gasteiger partial charge in [-0.25, -0.2) is 0 Å². The molecule has 1 aromatic rings. The minimum absolute atomic E-state index is 0. The van der Waals surface area contributed by atoms with Gasteiger partial charge in [-0.3, -0.25) is 4.79 Å². The lowest BCUT2D eigenvalue weighted by atomic mass is 10.2. The van der Waals surface area contributed by atoms with Crippen molar-refractivity contribution in [3.8, 4) is 5.75 Å². The summed E-state index contributed by atoms with van der Waals surface area (Å²) in [5.74, 6) is 0.802. The molecule has 0 aliphatic carbocycles. The van der Waals surface area contributed by atoms with Crippen molar-refractivity contribution in [1.29, 1.82) is 0 Å². The second kappa shape index (κ2) is 7.36. The molecule has 0 spiro atoms. The standard InChI is InChI=1S/C14H20N2O2.ClH/c1-2-8-18-13-5-3-4-11(9-13)14(17)16-7-6-12(15)10-16;/h3-5,9,12H,2,6-8,10,15H2,1H3;1H. The Labute approximate surface area is 120 Å². The highest BCUT2D eigenvalue weighted by atomic mass is 35.5. The molecule has 1 atom stereocenters. The van der Waals surface area contributed by atoms with Crippen LogP contribution in [-0.2, 0) is 0 Å². The molecular formula is C14H21ClN2O2. The van der Waals surface area contributed by atoms with E-state index in [9.17, 15) is 4.79 Å². The maximum Gasteiger partial charge on any atom is 0.254 e. The number of nitrogens with two attached hydrogens (primary N) is 1. The van der Waals surface area contributed by atoms with Crippen LogP contribution in [-0.4, -0.2) is 36.5 Å². The first-order valence-electron chi connectivity index (χ1n) is 6.48. The number of carbonyl (C=O) groups excluding carboxylic acids is 1. The number of rotatable bonds is 4. The van der Waals surface area contributed by atoms with Crippen molar-refractivity contribution in [2.75, 3.05) is 19.7 Å². The normalized spacial score (nSPS) is 18.0. The highest BCUT2D eigenvalue weighted by Crippen LogP contribution is 2.17. The van der Waals surface area contributed by atoms with Crippen LogP contribution in [0.4, 0.5) is 0 Å². The summed E-state index contributed by atoms with van der Waals surface area (Å²) >= 11 is 0. The number of hydrogen-bond acceptors (Lipinski definition) is 3. The largest absolute Gasteiger partial charge is 0.494 e. The first-order chi connectivity index (χ1) is 8.70. The molecule has 1 aliphatic heterocycles. The van der Waals surface area contributed by atoms with Gasteiger partial charge in [0, 0.05) is 24.7 Å². The van der Waals surface area contributed by atoms with Gasteiger partial charge in [0.1, 0.15) is 5.75 Å². The van der Waals surface area contributed by atoms with Crippen LogP contribution in [0.3, 0.4) is 0 Å². The van der Waals surface area contributed by atoms with Crippen molar-refractivity contribution in [2.24, 2.45) is 5.73 Å². The van der Waals surface area contributed by atoms with E-state index in [1.54, 1.807) is 0 Å². The van der Waals surface area contributed by atoms with Crippen LogP contribution in [0, 0.1) is 0 Å². The molecule has 1 saturated heterocycles. The molecule has 1 amide bonds. The minimum atomic E-state index is 0. The Hall–Kier alpha value is -1.26. The molecule has 1 fully saturated rings. The Kier molecular flexibility index (Phi) is 6.12. The number of hydrogen-bond donors (Lipinski definition) is 1. The molecular weight excluding hydrogens is 264 g/mol. The van der Waals surface area contributed by atoms with E-state index in [1.165, 1.54) is 0 Å². The first kappa shape index (κ1) is 15.8. The van der Waals surface area contributed by atoms with Crippen molar-refractivity contribution in [1.82, 2.24) is 4.90 Å². The van der Waals surface area contributed by atoms with Gasteiger partial charge in [0.15, 0.2) is 0 Å². The van der Waals surface area contributed by atoms with E-state index in [-0.39, 0.29) is 24.4 Å². The third-order valence-corrected chi connectivity index (χ3v) is 3.07. The number of carbonyl (C=O) groups is 1. The summed E-state index contributed by atoms with van der Waals surface area (Å²) in [4.78, 5) is 14.0. The van der Waals surface area contributed by atoms with Gasteiger partial charge >= 0.3 is 0 Å². The fraction of sp³-hybridized carbons (Fsp3) is 0.500. The molecule has 1 heterocycles. The fourth-order valence-electron chi connectivity index (χ4n) is 2.09. The second-order valence-electron chi connectivity index (χ2n) is 4.68. The van der Waals surface area contributed by atoms with Crippen LogP contribution in [0.15, 0.2) is 24.3 Å². The van der Waals surface area contributed by atoms with Crippen LogP contribution >= 0.6 is 12.4 Å². The zero-order valence-electron chi connectivity index (χ0n) is 11.2. The Bertz CT molecular complexity index is 426. The topological polar surface area (TPSA) is 55.6 Å². The maximum atomic E-state index is 12.2. The third kappa shape index (κ3) is 4.11. The van der Waals surface area contributed by atoms with Gasteiger partial charge in [0.05, 0.1) is 6.61 Å². The molecule has 1 aromatic carbocycles. The predicted octanol–water partition coefficient (Wildman–Crippen LogP) is 2.07. The highest BCUT2D eigenvalue weighted by molar-refractivity contribution is 5.94. The molecule has 0 saturated carbocycles. The minimum Gasteiger partial charge on any atom is -0.494 e. The number of ether oxygens (including phenoxy) is 1. The van der Waals surface area contributed by atoms with Crippen LogP contribution in [0.25, 0.3) is 0 Å². The van der Waals surface area contributed by atoms with Crippen LogP contribution < -0.4 is 10.5 Å². The molecule has 0 radical (unpaired) electrons. The van der Waals surface area contributed by atoms with Crippen molar-refractivity contribution >= 4 is 18.3 Å². The average Bonchev–Trinajstić information content (AvgIpc) is 2.82. The zero-order valence-corrected chi connectivity index (χ0v) is 12.0. The molecule has 2 N–H and O–H groups in total. The van der Waals surface area contributed by atoms with E-state index < -0.39 is 0 Å². The molecule has 106 valence electrons. The Morgan fingerprint density at radius 1 is 1.53 bits per heavy atom. The van der Waals surface area contributed by atoms with Crippen molar-refractivity contribution in [3.63, 3.8) is 0 Å². The maximum absolute atomic E-state index is 12.2. The highest BCUT2D eigenvalue weighted by Gasteiger charge is 2.24. The fourth-order valence-corrected chi connectivity index (χ4v) is 2.09. The second-order valence-corrected chi connectivity index (χ2v) is 4.68. The Morgan fingerprint density at radius 3 is 2.95 bits per heavy atom. The zero-order chi connectivity index (χ0) is 13.0. The lowest BCUT2D eigenvalue weighted by Crippen LogP contribution is -2.31. The monoisotopic (exact) mass is 284 g/mol. The molecule has 1 aliphatic rings. The molecule has 0 aromatic heterocycles. The van der Waals surface area contributed by atoms with E-state index in [4.69, 9.17) is 10.5 Å². The Morgan fingerprint density at radius 2 is 2.32 bits per heavy atom. The van der Waals surface area contributed by atoms with E-state index in [1.807, 2.05) is 29.2 Å². The summed E-state index contributed by atoms with van der Waals surface area (Å²) in [5.41, 5.74) is 6.50. The summed E-state index contributed by atoms with van der Waals surface area (Å²) < 4.78 is 5.53. The number of benzene rings is 1. The van der Waals surface area contributed by atoms with Gasteiger partial charge in [-0.05, 0) is 31.0 Å². The molecule has 2 rings (SSSR count). The summed E-state index contributed by atoms with van der Waals surface area (Å²) in [7, 11) is 0. The predicted molar refractivity (Wildman–Crippen MR) is 78.0 cm³/mol. The average molecular weight is 285 g/mol. The third-order valence-electron chi connectivity index (χ3n) is 3.07. The van der Waals surface area contributed by atoms with Crippen molar-refractivity contribution < 1.29 is 9.53 Å². The lowest BCUT2D eigenvalue weighted by Gasteiger charge is -2.16. The van der Waals surface area contributed by atoms with Crippen molar-refractivity contribution in [2.45, 2.75) is 25.8 Å². The molecule has 4 nitrogen and oxygen atoms in total.